The maximum Gasteiger partial charge on any atom is 0.270 e. The van der Waals surface area contributed by atoms with E-state index in [1.54, 1.807) is 36.0 Å². The van der Waals surface area contributed by atoms with E-state index in [1.807, 2.05) is 6.20 Å². The van der Waals surface area contributed by atoms with Gasteiger partial charge in [-0.1, -0.05) is 35.5 Å². The van der Waals surface area contributed by atoms with Crippen molar-refractivity contribution in [3.8, 4) is 11.3 Å². The summed E-state index contributed by atoms with van der Waals surface area (Å²) in [5.41, 5.74) is 1.63. The van der Waals surface area contributed by atoms with Gasteiger partial charge in [0.1, 0.15) is 4.90 Å². The third-order valence-corrected chi connectivity index (χ3v) is 6.98. The maximum atomic E-state index is 12.6. The van der Waals surface area contributed by atoms with Crippen LogP contribution in [0.2, 0.25) is 5.02 Å². The molecule has 0 bridgehead atoms. The average molecular weight is 437 g/mol. The number of non-ortho nitro benzene ring substituents is 1. The van der Waals surface area contributed by atoms with Gasteiger partial charge in [-0.25, -0.2) is 13.4 Å². The van der Waals surface area contributed by atoms with Crippen molar-refractivity contribution >= 4 is 44.8 Å². The summed E-state index contributed by atoms with van der Waals surface area (Å²) >= 11 is 7.64. The van der Waals surface area contributed by atoms with Gasteiger partial charge in [0.2, 0.25) is 0 Å². The van der Waals surface area contributed by atoms with Crippen molar-refractivity contribution in [2.45, 2.75) is 16.6 Å². The summed E-state index contributed by atoms with van der Waals surface area (Å²) in [6.07, 6.45) is 1.97. The number of halogens is 1. The van der Waals surface area contributed by atoms with Crippen molar-refractivity contribution in [1.29, 1.82) is 0 Å². The number of benzene rings is 2. The summed E-state index contributed by atoms with van der Waals surface area (Å²) in [4.78, 5) is 14.4. The van der Waals surface area contributed by atoms with E-state index >= 15 is 0 Å². The fourth-order valence-electron chi connectivity index (χ4n) is 2.78. The number of hydrogen-bond acceptors (Lipinski definition) is 6. The quantitative estimate of drug-likeness (QED) is 0.478. The van der Waals surface area contributed by atoms with Crippen LogP contribution in [0.25, 0.3) is 11.3 Å². The highest BCUT2D eigenvalue weighted by molar-refractivity contribution is 7.99. The molecule has 11 heteroatoms. The van der Waals surface area contributed by atoms with Crippen LogP contribution in [-0.4, -0.2) is 28.6 Å². The van der Waals surface area contributed by atoms with Crippen LogP contribution in [-0.2, 0) is 16.6 Å². The van der Waals surface area contributed by atoms with Gasteiger partial charge < -0.3 is 4.57 Å². The van der Waals surface area contributed by atoms with Gasteiger partial charge >= 0.3 is 0 Å². The molecular formula is C17H13ClN4O4S2. The molecule has 3 aromatic rings. The third kappa shape index (κ3) is 3.58. The van der Waals surface area contributed by atoms with Crippen LogP contribution in [0, 0.1) is 10.1 Å². The number of rotatable bonds is 5. The van der Waals surface area contributed by atoms with Crippen LogP contribution in [0.15, 0.2) is 58.7 Å². The summed E-state index contributed by atoms with van der Waals surface area (Å²) in [6.45, 7) is 0.925. The van der Waals surface area contributed by atoms with Crippen molar-refractivity contribution in [3.63, 3.8) is 0 Å². The summed E-state index contributed by atoms with van der Waals surface area (Å²) in [6, 6.07) is 10.0. The minimum atomic E-state index is -4.08. The Balaban J connectivity index is 1.58. The molecule has 0 spiro atoms. The molecule has 4 rings (SSSR count). The average Bonchev–Trinajstić information content (AvgIpc) is 3.24. The Kier molecular flexibility index (Phi) is 4.77. The first-order chi connectivity index (χ1) is 13.3. The van der Waals surface area contributed by atoms with E-state index in [9.17, 15) is 18.5 Å². The van der Waals surface area contributed by atoms with Gasteiger partial charge in [-0.2, -0.15) is 0 Å². The molecule has 1 aliphatic rings. The largest absolute Gasteiger partial charge is 0.325 e. The number of nitrogens with zero attached hydrogens (tertiary/aromatic N) is 3. The molecule has 1 aromatic heterocycles. The summed E-state index contributed by atoms with van der Waals surface area (Å²) in [7, 11) is -4.08. The van der Waals surface area contributed by atoms with E-state index in [0.717, 1.165) is 40.8 Å². The lowest BCUT2D eigenvalue weighted by molar-refractivity contribution is -0.385. The number of sulfonamides is 1. The molecule has 1 aliphatic heterocycles. The molecular weight excluding hydrogens is 424 g/mol. The second kappa shape index (κ2) is 7.12. The van der Waals surface area contributed by atoms with Gasteiger partial charge in [-0.15, -0.1) is 0 Å². The zero-order valence-electron chi connectivity index (χ0n) is 14.2. The minimum Gasteiger partial charge on any atom is -0.325 e. The number of imidazole rings is 1. The van der Waals surface area contributed by atoms with E-state index in [1.165, 1.54) is 6.07 Å². The molecule has 0 radical (unpaired) electrons. The molecule has 0 unspecified atom stereocenters. The molecule has 2 heterocycles. The zero-order chi connectivity index (χ0) is 19.9. The lowest BCUT2D eigenvalue weighted by atomic mass is 10.1. The van der Waals surface area contributed by atoms with Gasteiger partial charge in [0.05, 0.1) is 15.6 Å². The number of nitro groups is 1. The van der Waals surface area contributed by atoms with Gasteiger partial charge in [0.15, 0.2) is 5.16 Å². The number of nitro benzene ring substituents is 1. The van der Waals surface area contributed by atoms with Crippen molar-refractivity contribution in [3.05, 3.63) is 63.8 Å². The monoisotopic (exact) mass is 436 g/mol. The highest BCUT2D eigenvalue weighted by Crippen LogP contribution is 2.31. The fourth-order valence-corrected chi connectivity index (χ4v) is 5.30. The van der Waals surface area contributed by atoms with E-state index in [4.69, 9.17) is 11.6 Å². The molecule has 2 aromatic carbocycles. The predicted octanol–water partition coefficient (Wildman–Crippen LogP) is 4.02. The molecule has 0 aliphatic carbocycles. The first-order valence-electron chi connectivity index (χ1n) is 8.11. The summed E-state index contributed by atoms with van der Waals surface area (Å²) < 4.78 is 29.7. The lowest BCUT2D eigenvalue weighted by Gasteiger charge is -2.10. The fraction of sp³-hybridized carbons (Fsp3) is 0.118. The lowest BCUT2D eigenvalue weighted by Crippen LogP contribution is -2.13. The molecule has 144 valence electrons. The van der Waals surface area contributed by atoms with E-state index in [-0.39, 0.29) is 15.6 Å². The van der Waals surface area contributed by atoms with Crippen molar-refractivity contribution in [2.75, 3.05) is 10.5 Å². The molecule has 28 heavy (non-hydrogen) atoms. The zero-order valence-corrected chi connectivity index (χ0v) is 16.6. The van der Waals surface area contributed by atoms with Gasteiger partial charge in [-0.3, -0.25) is 14.8 Å². The van der Waals surface area contributed by atoms with Crippen LogP contribution in [0.1, 0.15) is 0 Å². The summed E-state index contributed by atoms with van der Waals surface area (Å²) in [5, 5.41) is 11.8. The molecule has 8 nitrogen and oxygen atoms in total. The SMILES string of the molecule is O=[N+]([O-])c1ccc(Cl)c(S(=O)(=O)Nc2ccc(-c3cn4c(n3)SCC4)cc2)c1. The van der Waals surface area contributed by atoms with E-state index < -0.39 is 14.9 Å². The Morgan fingerprint density at radius 2 is 1.96 bits per heavy atom. The normalized spacial score (nSPS) is 13.3. The smallest absolute Gasteiger partial charge is 0.270 e. The highest BCUT2D eigenvalue weighted by atomic mass is 35.5. The Labute approximate surface area is 169 Å². The van der Waals surface area contributed by atoms with Gasteiger partial charge in [-0.05, 0) is 18.2 Å². The standard InChI is InChI=1S/C17H13ClN4O4S2/c18-14-6-5-13(22(23)24)9-16(14)28(25,26)20-12-3-1-11(2-4-12)15-10-21-7-8-27-17(21)19-15/h1-6,9-10,20H,7-8H2. The molecule has 0 atom stereocenters. The van der Waals surface area contributed by atoms with Crippen LogP contribution in [0.5, 0.6) is 0 Å². The Hall–Kier alpha value is -2.56. The number of fused-ring (bicyclic) bond motifs is 1. The molecule has 0 amide bonds. The molecule has 0 saturated carbocycles. The van der Waals surface area contributed by atoms with Crippen molar-refractivity contribution < 1.29 is 13.3 Å². The van der Waals surface area contributed by atoms with Crippen LogP contribution in [0.4, 0.5) is 11.4 Å². The maximum absolute atomic E-state index is 12.6. The molecule has 0 fully saturated rings. The molecule has 1 N–H and O–H groups in total. The number of aromatic nitrogens is 2. The first kappa shape index (κ1) is 18.8. The number of nitrogens with one attached hydrogen (secondary N) is 1. The topological polar surface area (TPSA) is 107 Å². The summed E-state index contributed by atoms with van der Waals surface area (Å²) in [5.74, 6) is 1.02. The number of hydrogen-bond donors (Lipinski definition) is 1. The van der Waals surface area contributed by atoms with Crippen molar-refractivity contribution in [2.24, 2.45) is 0 Å². The van der Waals surface area contributed by atoms with Gasteiger partial charge in [0.25, 0.3) is 15.7 Å². The Morgan fingerprint density at radius 1 is 1.21 bits per heavy atom. The second-order valence-electron chi connectivity index (χ2n) is 6.01. The highest BCUT2D eigenvalue weighted by Gasteiger charge is 2.22. The van der Waals surface area contributed by atoms with Gasteiger partial charge in [0, 0.05) is 41.9 Å². The minimum absolute atomic E-state index is 0.0975. The Bertz CT molecular complexity index is 1150. The van der Waals surface area contributed by atoms with Crippen LogP contribution in [0.3, 0.4) is 0 Å². The third-order valence-electron chi connectivity index (χ3n) is 4.15. The van der Waals surface area contributed by atoms with E-state index in [0.29, 0.717) is 5.69 Å². The Morgan fingerprint density at radius 3 is 2.64 bits per heavy atom. The predicted molar refractivity (Wildman–Crippen MR) is 107 cm³/mol. The first-order valence-corrected chi connectivity index (χ1v) is 11.0. The second-order valence-corrected chi connectivity index (χ2v) is 9.13. The molecule has 0 saturated heterocycles. The number of aryl methyl sites for hydroxylation is 1. The number of thioether (sulfide) groups is 1. The van der Waals surface area contributed by atoms with E-state index in [2.05, 4.69) is 14.3 Å². The van der Waals surface area contributed by atoms with Crippen LogP contribution < -0.4 is 4.72 Å². The number of anilines is 1. The van der Waals surface area contributed by atoms with Crippen LogP contribution >= 0.6 is 23.4 Å². The van der Waals surface area contributed by atoms with Crippen molar-refractivity contribution in [1.82, 2.24) is 9.55 Å².